The summed E-state index contributed by atoms with van der Waals surface area (Å²) in [5.41, 5.74) is -0.0290. The maximum absolute atomic E-state index is 11.2. The lowest BCUT2D eigenvalue weighted by molar-refractivity contribution is -0.384. The molecule has 2 rings (SSSR count). The van der Waals surface area contributed by atoms with Gasteiger partial charge in [0.2, 0.25) is 5.82 Å². The highest BCUT2D eigenvalue weighted by molar-refractivity contribution is 7.15. The van der Waals surface area contributed by atoms with E-state index in [0.717, 1.165) is 4.88 Å². The van der Waals surface area contributed by atoms with Crippen LogP contribution in [0.4, 0.5) is 17.3 Å². The fourth-order valence-electron chi connectivity index (χ4n) is 1.77. The van der Waals surface area contributed by atoms with Crippen molar-refractivity contribution in [2.75, 3.05) is 30.9 Å². The van der Waals surface area contributed by atoms with Gasteiger partial charge in [-0.2, -0.15) is 0 Å². The van der Waals surface area contributed by atoms with E-state index in [-0.39, 0.29) is 5.69 Å². The van der Waals surface area contributed by atoms with Crippen molar-refractivity contribution in [2.24, 2.45) is 0 Å². The number of halogens is 1. The standard InChI is InChI=1S/C12H14ClN5O2S/c1-16(2)10-5-4-9(18(19)20)11(15-10)17(3)7-8-6-14-12(13)21-8/h4-6H,7H2,1-3H3. The average molecular weight is 328 g/mol. The fraction of sp³-hybridized carbons (Fsp3) is 0.333. The summed E-state index contributed by atoms with van der Waals surface area (Å²) in [6.45, 7) is 0.453. The third-order valence-corrected chi connectivity index (χ3v) is 3.87. The van der Waals surface area contributed by atoms with Crippen molar-refractivity contribution >= 4 is 40.3 Å². The third kappa shape index (κ3) is 3.59. The Morgan fingerprint density at radius 2 is 2.10 bits per heavy atom. The van der Waals surface area contributed by atoms with Gasteiger partial charge in [-0.25, -0.2) is 9.97 Å². The number of pyridine rings is 1. The molecule has 0 N–H and O–H groups in total. The first-order valence-electron chi connectivity index (χ1n) is 6.02. The van der Waals surface area contributed by atoms with E-state index in [0.29, 0.717) is 22.6 Å². The molecule has 0 aliphatic heterocycles. The van der Waals surface area contributed by atoms with Gasteiger partial charge in [-0.1, -0.05) is 11.6 Å². The highest BCUT2D eigenvalue weighted by Gasteiger charge is 2.20. The summed E-state index contributed by atoms with van der Waals surface area (Å²) >= 11 is 7.14. The summed E-state index contributed by atoms with van der Waals surface area (Å²) in [5.74, 6) is 0.973. The largest absolute Gasteiger partial charge is 0.363 e. The molecule has 2 heterocycles. The molecule has 0 fully saturated rings. The summed E-state index contributed by atoms with van der Waals surface area (Å²) in [5, 5.41) is 11.2. The Morgan fingerprint density at radius 3 is 2.62 bits per heavy atom. The summed E-state index contributed by atoms with van der Waals surface area (Å²) < 4.78 is 0.447. The number of aromatic nitrogens is 2. The van der Waals surface area contributed by atoms with Crippen LogP contribution in [-0.2, 0) is 6.54 Å². The van der Waals surface area contributed by atoms with E-state index in [1.165, 1.54) is 17.4 Å². The minimum Gasteiger partial charge on any atom is -0.363 e. The molecule has 0 atom stereocenters. The van der Waals surface area contributed by atoms with Crippen molar-refractivity contribution in [3.05, 3.63) is 37.8 Å². The molecule has 21 heavy (non-hydrogen) atoms. The minimum atomic E-state index is -0.433. The molecule has 0 aromatic carbocycles. The normalized spacial score (nSPS) is 10.5. The van der Waals surface area contributed by atoms with Gasteiger partial charge in [0.05, 0.1) is 11.5 Å². The van der Waals surface area contributed by atoms with Crippen molar-refractivity contribution in [3.63, 3.8) is 0 Å². The lowest BCUT2D eigenvalue weighted by atomic mass is 10.3. The predicted molar refractivity (Wildman–Crippen MR) is 84.4 cm³/mol. The molecule has 0 unspecified atom stereocenters. The van der Waals surface area contributed by atoms with Gasteiger partial charge in [0.25, 0.3) is 0 Å². The zero-order valence-electron chi connectivity index (χ0n) is 11.8. The third-order valence-electron chi connectivity index (χ3n) is 2.77. The van der Waals surface area contributed by atoms with E-state index in [1.807, 2.05) is 14.1 Å². The monoisotopic (exact) mass is 327 g/mol. The second-order valence-corrected chi connectivity index (χ2v) is 6.30. The summed E-state index contributed by atoms with van der Waals surface area (Å²) in [7, 11) is 5.42. The van der Waals surface area contributed by atoms with Gasteiger partial charge < -0.3 is 9.80 Å². The van der Waals surface area contributed by atoms with Crippen molar-refractivity contribution in [1.29, 1.82) is 0 Å². The molecule has 112 valence electrons. The molecular weight excluding hydrogens is 314 g/mol. The van der Waals surface area contributed by atoms with Crippen molar-refractivity contribution in [2.45, 2.75) is 6.54 Å². The van der Waals surface area contributed by atoms with E-state index in [9.17, 15) is 10.1 Å². The second-order valence-electron chi connectivity index (χ2n) is 4.60. The Bertz CT molecular complexity index is 661. The van der Waals surface area contributed by atoms with Gasteiger partial charge in [-0.3, -0.25) is 10.1 Å². The molecular formula is C12H14ClN5O2S. The SMILES string of the molecule is CN(C)c1ccc([N+](=O)[O-])c(N(C)Cc2cnc(Cl)s2)n1. The van der Waals surface area contributed by atoms with Crippen molar-refractivity contribution in [1.82, 2.24) is 9.97 Å². The molecule has 0 aliphatic rings. The number of thiazole rings is 1. The van der Waals surface area contributed by atoms with Gasteiger partial charge in [0, 0.05) is 38.3 Å². The molecule has 7 nitrogen and oxygen atoms in total. The van der Waals surface area contributed by atoms with Crippen LogP contribution < -0.4 is 9.80 Å². The lowest BCUT2D eigenvalue weighted by Gasteiger charge is -2.19. The van der Waals surface area contributed by atoms with Crippen molar-refractivity contribution < 1.29 is 4.92 Å². The average Bonchev–Trinajstić information content (AvgIpc) is 2.83. The van der Waals surface area contributed by atoms with E-state index in [1.54, 1.807) is 29.1 Å². The second kappa shape index (κ2) is 6.23. The Kier molecular flexibility index (Phi) is 4.59. The molecule has 2 aromatic rings. The molecule has 2 aromatic heterocycles. The number of nitro groups is 1. The maximum atomic E-state index is 11.2. The topological polar surface area (TPSA) is 75.4 Å². The highest BCUT2D eigenvalue weighted by Crippen LogP contribution is 2.29. The van der Waals surface area contributed by atoms with Crippen LogP contribution in [0.25, 0.3) is 0 Å². The van der Waals surface area contributed by atoms with Gasteiger partial charge >= 0.3 is 5.69 Å². The molecule has 0 radical (unpaired) electrons. The summed E-state index contributed by atoms with van der Waals surface area (Å²) in [4.78, 5) is 23.5. The van der Waals surface area contributed by atoms with Gasteiger partial charge in [-0.05, 0) is 6.07 Å². The Hall–Kier alpha value is -1.93. The van der Waals surface area contributed by atoms with Crippen LogP contribution in [-0.4, -0.2) is 36.0 Å². The molecule has 0 saturated heterocycles. The number of rotatable bonds is 5. The van der Waals surface area contributed by atoms with E-state index in [4.69, 9.17) is 11.6 Å². The van der Waals surface area contributed by atoms with Crippen LogP contribution in [0, 0.1) is 10.1 Å². The van der Waals surface area contributed by atoms with Crippen molar-refractivity contribution in [3.8, 4) is 0 Å². The quantitative estimate of drug-likeness (QED) is 0.621. The predicted octanol–water partition coefficient (Wildman–Crippen LogP) is 2.80. The van der Waals surface area contributed by atoms with Crippen LogP contribution in [0.3, 0.4) is 0 Å². The molecule has 0 bridgehead atoms. The zero-order valence-corrected chi connectivity index (χ0v) is 13.4. The highest BCUT2D eigenvalue weighted by atomic mass is 35.5. The maximum Gasteiger partial charge on any atom is 0.311 e. The van der Waals surface area contributed by atoms with Gasteiger partial charge in [0.15, 0.2) is 4.47 Å². The van der Waals surface area contributed by atoms with Gasteiger partial charge in [0.1, 0.15) is 5.82 Å². The van der Waals surface area contributed by atoms with Crippen LogP contribution in [0.5, 0.6) is 0 Å². The molecule has 0 saturated carbocycles. The lowest BCUT2D eigenvalue weighted by Crippen LogP contribution is -2.20. The molecule has 9 heteroatoms. The van der Waals surface area contributed by atoms with Crippen LogP contribution >= 0.6 is 22.9 Å². The van der Waals surface area contributed by atoms with Crippen LogP contribution in [0.2, 0.25) is 4.47 Å². The summed E-state index contributed by atoms with van der Waals surface area (Å²) in [6, 6.07) is 3.09. The molecule has 0 aliphatic carbocycles. The van der Waals surface area contributed by atoms with Crippen LogP contribution in [0.1, 0.15) is 4.88 Å². The zero-order chi connectivity index (χ0) is 15.6. The van der Waals surface area contributed by atoms with Gasteiger partial charge in [-0.15, -0.1) is 11.3 Å². The Balaban J connectivity index is 2.34. The first kappa shape index (κ1) is 15.5. The minimum absolute atomic E-state index is 0.0290. The Labute approximate surface area is 131 Å². The van der Waals surface area contributed by atoms with E-state index < -0.39 is 4.92 Å². The Morgan fingerprint density at radius 1 is 1.38 bits per heavy atom. The molecule has 0 spiro atoms. The number of hydrogen-bond acceptors (Lipinski definition) is 7. The summed E-state index contributed by atoms with van der Waals surface area (Å²) in [6.07, 6.45) is 1.66. The first-order chi connectivity index (χ1) is 9.88. The number of nitrogens with zero attached hydrogens (tertiary/aromatic N) is 5. The smallest absolute Gasteiger partial charge is 0.311 e. The first-order valence-corrected chi connectivity index (χ1v) is 7.22. The number of hydrogen-bond donors (Lipinski definition) is 0. The number of anilines is 2. The molecule has 0 amide bonds. The van der Waals surface area contributed by atoms with E-state index in [2.05, 4.69) is 9.97 Å². The van der Waals surface area contributed by atoms with E-state index >= 15 is 0 Å². The fourth-order valence-corrected chi connectivity index (χ4v) is 2.80. The van der Waals surface area contributed by atoms with Crippen LogP contribution in [0.15, 0.2) is 18.3 Å².